The van der Waals surface area contributed by atoms with Gasteiger partial charge in [0.2, 0.25) is 0 Å². The third kappa shape index (κ3) is 74.1. The molecule has 3 N–H and O–H groups in total. The molecule has 0 aliphatic carbocycles. The van der Waals surface area contributed by atoms with Crippen molar-refractivity contribution in [3.8, 4) is 0 Å². The number of hydrogen-bond acceptors (Lipinski definition) is 15. The zero-order chi connectivity index (χ0) is 73.0. The van der Waals surface area contributed by atoms with E-state index in [0.29, 0.717) is 25.7 Å². The van der Waals surface area contributed by atoms with E-state index in [1.54, 1.807) is 0 Å². The fourth-order valence-electron chi connectivity index (χ4n) is 12.3. The molecule has 588 valence electrons. The first-order chi connectivity index (χ1) is 47.7. The van der Waals surface area contributed by atoms with E-state index in [0.717, 1.165) is 108 Å². The van der Waals surface area contributed by atoms with Crippen molar-refractivity contribution in [2.24, 2.45) is 17.8 Å². The summed E-state index contributed by atoms with van der Waals surface area (Å²) >= 11 is 0. The number of aliphatic hydroxyl groups excluding tert-OH is 1. The number of phosphoric acid groups is 2. The normalized spacial score (nSPS) is 14.0. The topological polar surface area (TPSA) is 237 Å². The van der Waals surface area contributed by atoms with Crippen LogP contribution in [0.15, 0.2) is 0 Å². The molecular weight excluding hydrogens is 1290 g/mol. The molecule has 2 unspecified atom stereocenters. The van der Waals surface area contributed by atoms with Gasteiger partial charge in [-0.2, -0.15) is 0 Å². The third-order valence-corrected chi connectivity index (χ3v) is 20.5. The van der Waals surface area contributed by atoms with E-state index in [4.69, 9.17) is 37.0 Å². The molecule has 0 fully saturated rings. The van der Waals surface area contributed by atoms with Gasteiger partial charge in [-0.1, -0.05) is 363 Å². The van der Waals surface area contributed by atoms with Crippen molar-refractivity contribution in [3.05, 3.63) is 0 Å². The lowest BCUT2D eigenvalue weighted by Gasteiger charge is -2.21. The van der Waals surface area contributed by atoms with Crippen molar-refractivity contribution in [1.29, 1.82) is 0 Å². The van der Waals surface area contributed by atoms with E-state index >= 15 is 0 Å². The number of ether oxygens (including phenoxy) is 4. The lowest BCUT2D eigenvalue weighted by molar-refractivity contribution is -0.161. The predicted molar refractivity (Wildman–Crippen MR) is 405 cm³/mol. The van der Waals surface area contributed by atoms with E-state index in [2.05, 4.69) is 48.5 Å². The predicted octanol–water partition coefficient (Wildman–Crippen LogP) is 23.7. The summed E-state index contributed by atoms with van der Waals surface area (Å²) in [7, 11) is -9.92. The molecule has 19 heteroatoms. The summed E-state index contributed by atoms with van der Waals surface area (Å²) in [5.74, 6) is 0.188. The van der Waals surface area contributed by atoms with Crippen LogP contribution in [0.3, 0.4) is 0 Å². The van der Waals surface area contributed by atoms with Gasteiger partial charge in [0.15, 0.2) is 12.2 Å². The summed E-state index contributed by atoms with van der Waals surface area (Å²) in [4.78, 5) is 73.0. The molecule has 0 saturated heterocycles. The Morgan fingerprint density at radius 1 is 0.273 bits per heavy atom. The molecule has 0 saturated carbocycles. The third-order valence-electron chi connectivity index (χ3n) is 18.6. The van der Waals surface area contributed by atoms with Gasteiger partial charge in [0.1, 0.15) is 19.3 Å². The quantitative estimate of drug-likeness (QED) is 0.0222. The van der Waals surface area contributed by atoms with Crippen LogP contribution in [-0.4, -0.2) is 96.7 Å². The van der Waals surface area contributed by atoms with Gasteiger partial charge < -0.3 is 33.8 Å². The second kappa shape index (κ2) is 70.4. The molecule has 0 aliphatic heterocycles. The van der Waals surface area contributed by atoms with Crippen molar-refractivity contribution in [2.45, 2.75) is 433 Å². The van der Waals surface area contributed by atoms with Crippen LogP contribution in [0.25, 0.3) is 0 Å². The molecule has 0 aromatic heterocycles. The minimum absolute atomic E-state index is 0.105. The van der Waals surface area contributed by atoms with Gasteiger partial charge in [0.05, 0.1) is 26.4 Å². The second-order valence-corrected chi connectivity index (χ2v) is 33.1. The van der Waals surface area contributed by atoms with E-state index < -0.39 is 97.5 Å². The number of carbonyl (C=O) groups is 4. The summed E-state index contributed by atoms with van der Waals surface area (Å²) in [6, 6.07) is 0. The van der Waals surface area contributed by atoms with Crippen molar-refractivity contribution in [3.63, 3.8) is 0 Å². The van der Waals surface area contributed by atoms with Crippen molar-refractivity contribution in [1.82, 2.24) is 0 Å². The number of esters is 4. The molecule has 5 atom stereocenters. The number of phosphoric ester groups is 2. The summed E-state index contributed by atoms with van der Waals surface area (Å²) in [5.41, 5.74) is 0. The van der Waals surface area contributed by atoms with Crippen LogP contribution in [-0.2, 0) is 65.4 Å². The van der Waals surface area contributed by atoms with Crippen molar-refractivity contribution >= 4 is 39.5 Å². The van der Waals surface area contributed by atoms with Crippen molar-refractivity contribution < 1.29 is 80.2 Å². The molecule has 0 amide bonds. The summed E-state index contributed by atoms with van der Waals surface area (Å²) in [6.07, 6.45) is 58.3. The van der Waals surface area contributed by atoms with Gasteiger partial charge in [-0.05, 0) is 43.4 Å². The highest BCUT2D eigenvalue weighted by Crippen LogP contribution is 2.45. The highest BCUT2D eigenvalue weighted by atomic mass is 31.2. The van der Waals surface area contributed by atoms with E-state index in [9.17, 15) is 43.2 Å². The average Bonchev–Trinajstić information content (AvgIpc) is 1.05. The number of unbranched alkanes of at least 4 members (excludes halogenated alkanes) is 46. The van der Waals surface area contributed by atoms with Gasteiger partial charge >= 0.3 is 39.5 Å². The fourth-order valence-corrected chi connectivity index (χ4v) is 13.9. The van der Waals surface area contributed by atoms with Crippen LogP contribution in [0, 0.1) is 17.8 Å². The van der Waals surface area contributed by atoms with Gasteiger partial charge in [0.25, 0.3) is 0 Å². The summed E-state index contributed by atoms with van der Waals surface area (Å²) in [5, 5.41) is 10.6. The maximum atomic E-state index is 13.1. The first kappa shape index (κ1) is 97.1. The lowest BCUT2D eigenvalue weighted by Crippen LogP contribution is -2.30. The number of hydrogen-bond donors (Lipinski definition) is 3. The van der Waals surface area contributed by atoms with Crippen LogP contribution >= 0.6 is 15.6 Å². The van der Waals surface area contributed by atoms with Gasteiger partial charge in [-0.3, -0.25) is 37.3 Å². The maximum Gasteiger partial charge on any atom is 0.472 e. The molecule has 0 aromatic rings. The zero-order valence-electron chi connectivity index (χ0n) is 65.0. The van der Waals surface area contributed by atoms with Gasteiger partial charge in [-0.25, -0.2) is 9.13 Å². The highest BCUT2D eigenvalue weighted by Gasteiger charge is 2.30. The minimum Gasteiger partial charge on any atom is -0.462 e. The first-order valence-corrected chi connectivity index (χ1v) is 44.3. The minimum atomic E-state index is -4.96. The number of aliphatic hydroxyl groups is 1. The zero-order valence-corrected chi connectivity index (χ0v) is 66.8. The van der Waals surface area contributed by atoms with Crippen LogP contribution in [0.5, 0.6) is 0 Å². The van der Waals surface area contributed by atoms with Crippen LogP contribution in [0.4, 0.5) is 0 Å². The lowest BCUT2D eigenvalue weighted by atomic mass is 10.0. The number of rotatable bonds is 78. The Labute approximate surface area is 607 Å². The Hall–Kier alpha value is -1.94. The Morgan fingerprint density at radius 2 is 0.465 bits per heavy atom. The van der Waals surface area contributed by atoms with Crippen LogP contribution in [0.1, 0.15) is 414 Å². The molecular formula is C80H156O17P2. The van der Waals surface area contributed by atoms with Crippen molar-refractivity contribution in [2.75, 3.05) is 39.6 Å². The largest absolute Gasteiger partial charge is 0.472 e. The SMILES string of the molecule is CCCCCCCCCCCCCCCCC(=O)OC[C@H](COP(=O)(O)OC[C@@H](O)COP(=O)(O)OC[C@@H](COC(=O)CCCCCCCCCCCC(C)C)OC(=O)CCCCCCCCCCCC(C)C)OC(=O)CCCCCCCCCCCCCCCCCCCCC(C)C. The second-order valence-electron chi connectivity index (χ2n) is 30.2. The average molecular weight is 1450 g/mol. The fraction of sp³-hybridized carbons (Fsp3) is 0.950. The van der Waals surface area contributed by atoms with E-state index in [-0.39, 0.29) is 25.7 Å². The molecule has 0 bridgehead atoms. The molecule has 0 rings (SSSR count). The van der Waals surface area contributed by atoms with Gasteiger partial charge in [0, 0.05) is 25.7 Å². The molecule has 0 radical (unpaired) electrons. The molecule has 17 nitrogen and oxygen atoms in total. The van der Waals surface area contributed by atoms with E-state index in [1.165, 1.54) is 225 Å². The molecule has 0 aromatic carbocycles. The molecule has 0 spiro atoms. The van der Waals surface area contributed by atoms with E-state index in [1.807, 2.05) is 0 Å². The molecule has 0 heterocycles. The standard InChI is InChI=1S/C80H156O17P2/c1-8-9-10-11-12-13-14-15-23-26-33-40-47-54-61-77(82)90-67-75(96-79(84)63-56-49-42-34-27-24-21-19-17-16-18-20-22-25-30-37-44-51-58-71(2)3)69-94-98(86,87)92-65-74(81)66-93-99(88,89)95-70-76(97-80(85)64-57-50-43-36-29-32-39-46-53-60-73(6)7)68-91-78(83)62-55-48-41-35-28-31-38-45-52-59-72(4)5/h71-76,81H,8-70H2,1-7H3,(H,86,87)(H,88,89)/t74-,75-,76-/m1/s1. The van der Waals surface area contributed by atoms with Crippen LogP contribution < -0.4 is 0 Å². The Bertz CT molecular complexity index is 1920. The Morgan fingerprint density at radius 3 is 0.687 bits per heavy atom. The molecule has 99 heavy (non-hydrogen) atoms. The smallest absolute Gasteiger partial charge is 0.462 e. The van der Waals surface area contributed by atoms with Crippen LogP contribution in [0.2, 0.25) is 0 Å². The summed E-state index contributed by atoms with van der Waals surface area (Å²) in [6.45, 7) is 11.9. The highest BCUT2D eigenvalue weighted by molar-refractivity contribution is 7.47. The Balaban J connectivity index is 5.22. The first-order valence-electron chi connectivity index (χ1n) is 41.3. The Kier molecular flexibility index (Phi) is 69.0. The summed E-state index contributed by atoms with van der Waals surface area (Å²) < 4.78 is 68.7. The maximum absolute atomic E-state index is 13.1. The number of carbonyl (C=O) groups excluding carboxylic acids is 4. The molecule has 0 aliphatic rings. The van der Waals surface area contributed by atoms with Gasteiger partial charge in [-0.15, -0.1) is 0 Å². The monoisotopic (exact) mass is 1450 g/mol.